The summed E-state index contributed by atoms with van der Waals surface area (Å²) in [6, 6.07) is 6.01. The second-order valence-corrected chi connectivity index (χ2v) is 9.28. The molecule has 1 aromatic carbocycles. The Kier molecular flexibility index (Phi) is 7.44. The third-order valence-electron chi connectivity index (χ3n) is 5.28. The molecule has 0 saturated heterocycles. The highest BCUT2D eigenvalue weighted by molar-refractivity contribution is 7.45. The van der Waals surface area contributed by atoms with Crippen LogP contribution in [0.4, 0.5) is 0 Å². The van der Waals surface area contributed by atoms with Gasteiger partial charge in [0.1, 0.15) is 5.75 Å². The lowest BCUT2D eigenvalue weighted by Crippen LogP contribution is -2.20. The van der Waals surface area contributed by atoms with Crippen LogP contribution in [0, 0.1) is 15.7 Å². The Bertz CT molecular complexity index is 793. The highest BCUT2D eigenvalue weighted by Gasteiger charge is 2.60. The Hall–Kier alpha value is -2.11. The number of hydrogen-bond donors (Lipinski definition) is 0. The van der Waals surface area contributed by atoms with Gasteiger partial charge in [0.2, 0.25) is 19.2 Å². The highest BCUT2D eigenvalue weighted by Crippen LogP contribution is 2.49. The van der Waals surface area contributed by atoms with Crippen LogP contribution in [0.2, 0.25) is 0 Å². The van der Waals surface area contributed by atoms with Crippen LogP contribution in [-0.2, 0) is 9.09 Å². The van der Waals surface area contributed by atoms with E-state index in [1.165, 1.54) is 19.3 Å². The van der Waals surface area contributed by atoms with Crippen molar-refractivity contribution in [2.45, 2.75) is 51.9 Å². The largest absolute Gasteiger partial charge is 0.836 e. The van der Waals surface area contributed by atoms with Gasteiger partial charge in [0.25, 0.3) is 0 Å². The zero-order valence-electron chi connectivity index (χ0n) is 16.7. The molecule has 0 bridgehead atoms. The van der Waals surface area contributed by atoms with Gasteiger partial charge in [-0.15, -0.1) is 0 Å². The van der Waals surface area contributed by atoms with Gasteiger partial charge in [-0.05, 0) is 54.9 Å². The maximum absolute atomic E-state index is 12.6. The standard InChI is InChI=1S/C20H29N2O5P/c1-6-21(23)28(25,22(24)7-2)27-14-26-20-18(15(3)4)12-9-13-19(20)16(5)17-10-8-11-17/h6-7,9,12-13,15-17H,1-2,8,10-11,14H2,3-5H3/q+2. The molecule has 1 saturated carbocycles. The van der Waals surface area contributed by atoms with E-state index in [0.29, 0.717) is 17.6 Å². The summed E-state index contributed by atoms with van der Waals surface area (Å²) in [5.41, 5.74) is 2.05. The van der Waals surface area contributed by atoms with Gasteiger partial charge in [-0.2, -0.15) is 9.09 Å². The van der Waals surface area contributed by atoms with Gasteiger partial charge in [-0.25, -0.2) is 0 Å². The average Bonchev–Trinajstić information content (AvgIpc) is 2.64. The van der Waals surface area contributed by atoms with Crippen LogP contribution in [0.3, 0.4) is 0 Å². The number of rotatable bonds is 11. The summed E-state index contributed by atoms with van der Waals surface area (Å²) in [7, 11) is -4.44. The second kappa shape index (κ2) is 9.39. The Labute approximate surface area is 166 Å². The average molecular weight is 408 g/mol. The lowest BCUT2D eigenvalue weighted by atomic mass is 9.73. The summed E-state index contributed by atoms with van der Waals surface area (Å²) in [5.74, 6) is 1.77. The zero-order chi connectivity index (χ0) is 20.9. The van der Waals surface area contributed by atoms with Crippen molar-refractivity contribution >= 4 is 7.67 Å². The van der Waals surface area contributed by atoms with Crippen molar-refractivity contribution in [3.8, 4) is 5.75 Å². The molecule has 0 radical (unpaired) electrons. The maximum atomic E-state index is 12.6. The molecule has 1 unspecified atom stereocenters. The zero-order valence-corrected chi connectivity index (χ0v) is 17.6. The molecule has 8 heteroatoms. The smallest absolute Gasteiger partial charge is 0.466 e. The molecule has 1 fully saturated rings. The van der Waals surface area contributed by atoms with E-state index in [1.807, 2.05) is 18.2 Å². The van der Waals surface area contributed by atoms with E-state index in [2.05, 4.69) is 33.9 Å². The minimum atomic E-state index is -4.44. The van der Waals surface area contributed by atoms with Crippen molar-refractivity contribution in [1.29, 1.82) is 0 Å². The fraction of sp³-hybridized carbons (Fsp3) is 0.500. The van der Waals surface area contributed by atoms with Crippen molar-refractivity contribution in [2.75, 3.05) is 6.79 Å². The summed E-state index contributed by atoms with van der Waals surface area (Å²) < 4.78 is 23.4. The van der Waals surface area contributed by atoms with Crippen LogP contribution in [0.25, 0.3) is 0 Å². The quantitative estimate of drug-likeness (QED) is 0.331. The lowest BCUT2D eigenvalue weighted by Gasteiger charge is -2.33. The van der Waals surface area contributed by atoms with Gasteiger partial charge >= 0.3 is 7.67 Å². The van der Waals surface area contributed by atoms with Crippen LogP contribution in [0.15, 0.2) is 43.8 Å². The van der Waals surface area contributed by atoms with Gasteiger partial charge in [0.15, 0.2) is 9.06 Å². The van der Waals surface area contributed by atoms with Crippen molar-refractivity contribution < 1.29 is 22.9 Å². The van der Waals surface area contributed by atoms with Crippen LogP contribution in [0.5, 0.6) is 5.75 Å². The highest BCUT2D eigenvalue weighted by atomic mass is 31.2. The lowest BCUT2D eigenvalue weighted by molar-refractivity contribution is -0.459. The van der Waals surface area contributed by atoms with Crippen molar-refractivity contribution in [2.24, 2.45) is 5.92 Å². The van der Waals surface area contributed by atoms with Gasteiger partial charge < -0.3 is 4.74 Å². The summed E-state index contributed by atoms with van der Waals surface area (Å²) in [6.45, 7) is 12.3. The minimum Gasteiger partial charge on any atom is -0.466 e. The molecule has 0 heterocycles. The number of para-hydroxylation sites is 1. The van der Waals surface area contributed by atoms with E-state index >= 15 is 0 Å². The number of ether oxygens (including phenoxy) is 1. The number of benzene rings is 1. The normalized spacial score (nSPS) is 15.6. The third-order valence-corrected chi connectivity index (χ3v) is 7.04. The minimum absolute atomic E-state index is 0.0999. The summed E-state index contributed by atoms with van der Waals surface area (Å²) in [6.07, 6.45) is 5.06. The number of nitrogens with zero attached hydrogens (tertiary/aromatic N) is 2. The molecular weight excluding hydrogens is 379 g/mol. The Morgan fingerprint density at radius 3 is 2.18 bits per heavy atom. The van der Waals surface area contributed by atoms with Crippen molar-refractivity contribution in [3.05, 3.63) is 64.7 Å². The van der Waals surface area contributed by atoms with Crippen LogP contribution < -0.4 is 4.74 Å². The Morgan fingerprint density at radius 1 is 1.14 bits per heavy atom. The first-order valence-corrected chi connectivity index (χ1v) is 11.0. The third kappa shape index (κ3) is 4.47. The molecule has 1 aromatic rings. The SMILES string of the molecule is C=C[N+](=O)P(=O)(OCOc1c(C(C)C)cccc1C(C)C1CCC1)[N+](=O)C=C. The van der Waals surface area contributed by atoms with Crippen molar-refractivity contribution in [1.82, 2.24) is 0 Å². The van der Waals surface area contributed by atoms with E-state index in [4.69, 9.17) is 9.26 Å². The molecule has 1 atom stereocenters. The summed E-state index contributed by atoms with van der Waals surface area (Å²) >= 11 is 0. The van der Waals surface area contributed by atoms with Gasteiger partial charge in [-0.1, -0.05) is 45.4 Å². The fourth-order valence-corrected chi connectivity index (χ4v) is 4.31. The first-order chi connectivity index (χ1) is 13.3. The van der Waals surface area contributed by atoms with E-state index in [0.717, 1.165) is 23.5 Å². The van der Waals surface area contributed by atoms with Crippen LogP contribution in [0.1, 0.15) is 63.0 Å². The van der Waals surface area contributed by atoms with E-state index < -0.39 is 14.5 Å². The first kappa shape index (κ1) is 22.2. The molecule has 0 aromatic heterocycles. The Morgan fingerprint density at radius 2 is 1.71 bits per heavy atom. The number of hydrogen-bond acceptors (Lipinski definition) is 5. The number of nitroso groups, excluding NO2 is 2. The molecule has 0 amide bonds. The molecule has 152 valence electrons. The van der Waals surface area contributed by atoms with Gasteiger partial charge in [-0.3, -0.25) is 0 Å². The second-order valence-electron chi connectivity index (χ2n) is 7.25. The molecular formula is C20H29N2O5P+2. The molecule has 0 N–H and O–H groups in total. The van der Waals surface area contributed by atoms with Gasteiger partial charge in [0, 0.05) is 9.81 Å². The predicted octanol–water partition coefficient (Wildman–Crippen LogP) is 6.02. The predicted molar refractivity (Wildman–Crippen MR) is 108 cm³/mol. The molecule has 28 heavy (non-hydrogen) atoms. The summed E-state index contributed by atoms with van der Waals surface area (Å²) in [4.78, 5) is 23.7. The first-order valence-electron chi connectivity index (χ1n) is 9.45. The van der Waals surface area contributed by atoms with Crippen molar-refractivity contribution in [3.63, 3.8) is 0 Å². The van der Waals surface area contributed by atoms with Gasteiger partial charge in [0.05, 0.1) is 0 Å². The van der Waals surface area contributed by atoms with Crippen LogP contribution in [-0.4, -0.2) is 15.9 Å². The molecule has 2 rings (SSSR count). The molecule has 1 aliphatic rings. The molecule has 0 spiro atoms. The monoisotopic (exact) mass is 408 g/mol. The summed E-state index contributed by atoms with van der Waals surface area (Å²) in [5, 5.41) is 0. The molecule has 7 nitrogen and oxygen atoms in total. The fourth-order valence-electron chi connectivity index (χ4n) is 3.31. The van der Waals surface area contributed by atoms with Crippen LogP contribution >= 0.6 is 7.67 Å². The molecule has 1 aliphatic carbocycles. The Balaban J connectivity index is 2.27. The molecule has 0 aliphatic heterocycles. The maximum Gasteiger partial charge on any atom is 0.836 e. The van der Waals surface area contributed by atoms with E-state index in [1.54, 1.807) is 0 Å². The topological polar surface area (TPSA) is 75.7 Å². The van der Waals surface area contributed by atoms with E-state index in [-0.39, 0.29) is 15.0 Å². The van der Waals surface area contributed by atoms with E-state index in [9.17, 15) is 14.4 Å².